The number of hydrogen-bond donors (Lipinski definition) is 3. The molecule has 0 fully saturated rings. The van der Waals surface area contributed by atoms with Crippen LogP contribution in [0.5, 0.6) is 0 Å². The molecule has 0 aliphatic rings. The molecule has 4 aromatic rings. The normalized spacial score (nSPS) is 12.2. The van der Waals surface area contributed by atoms with E-state index in [0.717, 1.165) is 12.1 Å². The van der Waals surface area contributed by atoms with Gasteiger partial charge in [-0.25, -0.2) is 37.3 Å². The monoisotopic (exact) mass is 518 g/mol. The maximum atomic E-state index is 15.2. The topological polar surface area (TPSA) is 141 Å². The molecule has 0 amide bonds. The van der Waals surface area contributed by atoms with Gasteiger partial charge in [0.2, 0.25) is 16.0 Å². The number of anilines is 1. The van der Waals surface area contributed by atoms with Crippen LogP contribution in [0.15, 0.2) is 47.5 Å². The van der Waals surface area contributed by atoms with Crippen molar-refractivity contribution >= 4 is 27.6 Å². The van der Waals surface area contributed by atoms with E-state index in [9.17, 15) is 12.8 Å². The highest BCUT2D eigenvalue weighted by molar-refractivity contribution is 7.89. The fourth-order valence-corrected chi connectivity index (χ4v) is 4.56. The number of hydrogen-bond acceptors (Lipinski definition) is 6. The molecule has 35 heavy (non-hydrogen) atoms. The molecular weight excluding hydrogens is 498 g/mol. The fourth-order valence-electron chi connectivity index (χ4n) is 3.55. The molecule has 0 aliphatic heterocycles. The van der Waals surface area contributed by atoms with Crippen LogP contribution in [-0.2, 0) is 15.4 Å². The number of halogens is 3. The molecule has 5 N–H and O–H groups in total. The Morgan fingerprint density at radius 3 is 2.31 bits per heavy atom. The third-order valence-corrected chi connectivity index (χ3v) is 6.57. The molecule has 0 spiro atoms. The van der Waals surface area contributed by atoms with Gasteiger partial charge in [-0.05, 0) is 18.2 Å². The second-order valence-electron chi connectivity index (χ2n) is 8.81. The Balaban J connectivity index is 1.98. The van der Waals surface area contributed by atoms with Gasteiger partial charge in [-0.1, -0.05) is 50.6 Å². The average Bonchev–Trinajstić information content (AvgIpc) is 3.19. The number of aromatic nitrogens is 4. The largest absolute Gasteiger partial charge is 0.368 e. The molecule has 12 heteroatoms. The number of rotatable bonds is 4. The number of nitrogens with one attached hydrogen (secondary N) is 1. The van der Waals surface area contributed by atoms with E-state index in [0.29, 0.717) is 28.5 Å². The van der Waals surface area contributed by atoms with Gasteiger partial charge in [0, 0.05) is 28.3 Å². The molecule has 0 aliphatic carbocycles. The zero-order valence-corrected chi connectivity index (χ0v) is 20.5. The number of H-pyrrole nitrogens is 1. The van der Waals surface area contributed by atoms with Crippen LogP contribution in [-0.4, -0.2) is 28.4 Å². The highest BCUT2D eigenvalue weighted by atomic mass is 35.5. The van der Waals surface area contributed by atoms with Crippen LogP contribution < -0.4 is 10.9 Å². The van der Waals surface area contributed by atoms with E-state index >= 15 is 4.39 Å². The van der Waals surface area contributed by atoms with Crippen LogP contribution in [0.2, 0.25) is 5.02 Å². The Bertz CT molecular complexity index is 1560. The van der Waals surface area contributed by atoms with Gasteiger partial charge >= 0.3 is 0 Å². The predicted octanol–water partition coefficient (Wildman–Crippen LogP) is 4.66. The van der Waals surface area contributed by atoms with Crippen molar-refractivity contribution in [2.45, 2.75) is 31.1 Å². The van der Waals surface area contributed by atoms with Crippen LogP contribution in [0.1, 0.15) is 26.6 Å². The number of imidazole rings is 1. The van der Waals surface area contributed by atoms with Crippen LogP contribution in [0.3, 0.4) is 0 Å². The lowest BCUT2D eigenvalue weighted by molar-refractivity contribution is 0.522. The summed E-state index contributed by atoms with van der Waals surface area (Å²) in [5.41, 5.74) is 7.07. The molecule has 182 valence electrons. The lowest BCUT2D eigenvalue weighted by Crippen LogP contribution is -2.16. The average molecular weight is 519 g/mol. The zero-order chi connectivity index (χ0) is 25.7. The minimum atomic E-state index is -4.67. The van der Waals surface area contributed by atoms with Gasteiger partial charge in [-0.2, -0.15) is 0 Å². The molecule has 2 aromatic heterocycles. The molecule has 2 heterocycles. The van der Waals surface area contributed by atoms with Gasteiger partial charge in [0.15, 0.2) is 10.7 Å². The third kappa shape index (κ3) is 4.62. The molecule has 0 radical (unpaired) electrons. The number of nitrogens with two attached hydrogens (primary N) is 2. The molecular formula is C23H21ClF2N6O2S. The molecule has 0 saturated carbocycles. The Morgan fingerprint density at radius 1 is 1.00 bits per heavy atom. The van der Waals surface area contributed by atoms with E-state index in [-0.39, 0.29) is 27.5 Å². The first-order valence-electron chi connectivity index (χ1n) is 10.3. The van der Waals surface area contributed by atoms with E-state index < -0.39 is 26.6 Å². The number of primary sulfonamides is 1. The third-order valence-electron chi connectivity index (χ3n) is 5.22. The fraction of sp³-hybridized carbons (Fsp3) is 0.174. The van der Waals surface area contributed by atoms with Crippen molar-refractivity contribution in [1.82, 2.24) is 19.9 Å². The molecule has 4 rings (SSSR count). The van der Waals surface area contributed by atoms with Gasteiger partial charge < -0.3 is 10.7 Å². The second kappa shape index (κ2) is 8.67. The van der Waals surface area contributed by atoms with Crippen molar-refractivity contribution < 1.29 is 17.2 Å². The van der Waals surface area contributed by atoms with E-state index in [4.69, 9.17) is 27.5 Å². The minimum Gasteiger partial charge on any atom is -0.368 e. The molecule has 8 nitrogen and oxygen atoms in total. The summed E-state index contributed by atoms with van der Waals surface area (Å²) in [5, 5.41) is 5.09. The standard InChI is InChI=1S/C23H21ClF2N6O2S/c1-23(2,3)21-31-18(19(32-21)15-9-10-29-22(27)30-15)13-6-4-5-11(16(13)24)12-7-8-14(25)20(17(12)26)35(28,33)34/h4-10H,1-3H3,(H,31,32)(H2,27,29,30)(H2,28,33,34). The molecule has 0 unspecified atom stereocenters. The minimum absolute atomic E-state index is 0.0594. The quantitative estimate of drug-likeness (QED) is 0.359. The highest BCUT2D eigenvalue weighted by Gasteiger charge is 2.27. The van der Waals surface area contributed by atoms with Gasteiger partial charge in [0.25, 0.3) is 0 Å². The molecule has 0 bridgehead atoms. The van der Waals surface area contributed by atoms with Crippen molar-refractivity contribution in [2.24, 2.45) is 5.14 Å². The predicted molar refractivity (Wildman–Crippen MR) is 130 cm³/mol. The SMILES string of the molecule is CC(C)(C)c1nc(-c2cccc(-c3ccc(F)c(S(N)(=O)=O)c3F)c2Cl)c(-c2ccnc(N)n2)[nH]1. The summed E-state index contributed by atoms with van der Waals surface area (Å²) in [6.07, 6.45) is 1.50. The van der Waals surface area contributed by atoms with E-state index in [1.807, 2.05) is 20.8 Å². The zero-order valence-electron chi connectivity index (χ0n) is 18.9. The maximum Gasteiger partial charge on any atom is 0.243 e. The summed E-state index contributed by atoms with van der Waals surface area (Å²) in [4.78, 5) is 14.9. The Kier molecular flexibility index (Phi) is 6.12. The number of nitrogen functional groups attached to an aromatic ring is 1. The number of aromatic amines is 1. The van der Waals surface area contributed by atoms with E-state index in [2.05, 4.69) is 15.0 Å². The first-order chi connectivity index (χ1) is 16.3. The lowest BCUT2D eigenvalue weighted by atomic mass is 9.96. The van der Waals surface area contributed by atoms with Crippen LogP contribution >= 0.6 is 11.6 Å². The summed E-state index contributed by atoms with van der Waals surface area (Å²) < 4.78 is 52.8. The Hall–Kier alpha value is -3.41. The Labute approximate surface area is 205 Å². The maximum absolute atomic E-state index is 15.2. The van der Waals surface area contributed by atoms with Gasteiger partial charge in [-0.3, -0.25) is 0 Å². The summed E-state index contributed by atoms with van der Waals surface area (Å²) in [6.45, 7) is 5.90. The first-order valence-corrected chi connectivity index (χ1v) is 12.2. The highest BCUT2D eigenvalue weighted by Crippen LogP contribution is 2.41. The van der Waals surface area contributed by atoms with E-state index in [1.54, 1.807) is 18.2 Å². The van der Waals surface area contributed by atoms with Crippen molar-refractivity contribution in [3.8, 4) is 33.8 Å². The van der Waals surface area contributed by atoms with Crippen molar-refractivity contribution in [3.63, 3.8) is 0 Å². The summed E-state index contributed by atoms with van der Waals surface area (Å²) in [6, 6.07) is 8.32. The second-order valence-corrected chi connectivity index (χ2v) is 10.7. The van der Waals surface area contributed by atoms with E-state index in [1.165, 1.54) is 12.3 Å². The summed E-state index contributed by atoms with van der Waals surface area (Å²) in [7, 11) is -4.67. The Morgan fingerprint density at radius 2 is 1.69 bits per heavy atom. The molecule has 2 aromatic carbocycles. The summed E-state index contributed by atoms with van der Waals surface area (Å²) >= 11 is 6.72. The lowest BCUT2D eigenvalue weighted by Gasteiger charge is -2.14. The number of benzene rings is 2. The van der Waals surface area contributed by atoms with Crippen LogP contribution in [0.4, 0.5) is 14.7 Å². The van der Waals surface area contributed by atoms with Crippen molar-refractivity contribution in [3.05, 3.63) is 65.1 Å². The molecule has 0 saturated heterocycles. The summed E-state index contributed by atoms with van der Waals surface area (Å²) in [5.74, 6) is -1.95. The van der Waals surface area contributed by atoms with Crippen LogP contribution in [0, 0.1) is 11.6 Å². The first kappa shape index (κ1) is 24.7. The van der Waals surface area contributed by atoms with Crippen molar-refractivity contribution in [2.75, 3.05) is 5.73 Å². The molecule has 0 atom stereocenters. The van der Waals surface area contributed by atoms with Gasteiger partial charge in [0.1, 0.15) is 11.6 Å². The van der Waals surface area contributed by atoms with Crippen LogP contribution in [0.25, 0.3) is 33.8 Å². The van der Waals surface area contributed by atoms with Crippen molar-refractivity contribution in [1.29, 1.82) is 0 Å². The number of nitrogens with zero attached hydrogens (tertiary/aromatic N) is 3. The number of sulfonamides is 1. The smallest absolute Gasteiger partial charge is 0.243 e. The van der Waals surface area contributed by atoms with Gasteiger partial charge in [0.05, 0.1) is 22.1 Å². The van der Waals surface area contributed by atoms with Gasteiger partial charge in [-0.15, -0.1) is 0 Å².